The van der Waals surface area contributed by atoms with Crippen molar-refractivity contribution >= 4 is 17.8 Å². The summed E-state index contributed by atoms with van der Waals surface area (Å²) >= 11 is 0. The Kier molecular flexibility index (Phi) is 15.5. The van der Waals surface area contributed by atoms with E-state index in [0.29, 0.717) is 25.9 Å². The van der Waals surface area contributed by atoms with E-state index in [1.54, 1.807) is 25.9 Å². The predicted molar refractivity (Wildman–Crippen MR) is 236 cm³/mol. The van der Waals surface area contributed by atoms with Crippen molar-refractivity contribution in [1.29, 1.82) is 0 Å². The van der Waals surface area contributed by atoms with E-state index < -0.39 is 95.9 Å². The first-order chi connectivity index (χ1) is 29.5. The molecule has 0 saturated carbocycles. The van der Waals surface area contributed by atoms with Gasteiger partial charge in [-0.3, -0.25) is 14.7 Å². The van der Waals surface area contributed by atoms with Gasteiger partial charge >= 0.3 is 12.1 Å². The lowest BCUT2D eigenvalue weighted by Gasteiger charge is -2.50. The van der Waals surface area contributed by atoms with E-state index >= 15 is 4.79 Å². The van der Waals surface area contributed by atoms with Crippen LogP contribution in [-0.2, 0) is 49.3 Å². The number of aliphatic hydroxyl groups excluding tert-OH is 2. The number of hydrogen-bond acceptors (Lipinski definition) is 14. The molecule has 2 N–H and O–H groups in total. The summed E-state index contributed by atoms with van der Waals surface area (Å²) in [5.74, 6) is -2.91. The van der Waals surface area contributed by atoms with Gasteiger partial charge in [0.15, 0.2) is 18.2 Å². The zero-order chi connectivity index (χ0) is 46.3. The van der Waals surface area contributed by atoms with Crippen LogP contribution in [-0.4, -0.2) is 156 Å². The highest BCUT2D eigenvalue weighted by Gasteiger charge is 2.62. The number of fused-ring (bicyclic) bond motifs is 1. The molecule has 6 rings (SSSR count). The zero-order valence-corrected chi connectivity index (χ0v) is 40.2. The molecule has 0 aliphatic carbocycles. The molecule has 5 aliphatic rings. The van der Waals surface area contributed by atoms with Gasteiger partial charge < -0.3 is 53.0 Å². The summed E-state index contributed by atoms with van der Waals surface area (Å²) in [6.07, 6.45) is -6.84. The third-order valence-corrected chi connectivity index (χ3v) is 14.9. The third-order valence-electron chi connectivity index (χ3n) is 14.9. The Morgan fingerprint density at radius 3 is 2.25 bits per heavy atom. The number of benzene rings is 1. The van der Waals surface area contributed by atoms with E-state index in [2.05, 4.69) is 13.8 Å². The van der Waals surface area contributed by atoms with Gasteiger partial charge in [-0.1, -0.05) is 65.0 Å². The lowest BCUT2D eigenvalue weighted by molar-refractivity contribution is -0.321. The van der Waals surface area contributed by atoms with Gasteiger partial charge in [-0.2, -0.15) is 0 Å². The third kappa shape index (κ3) is 10.0. The molecule has 18 atom stereocenters. The van der Waals surface area contributed by atoms with E-state index in [9.17, 15) is 15.0 Å². The van der Waals surface area contributed by atoms with Gasteiger partial charge in [0, 0.05) is 43.7 Å². The smallest absolute Gasteiger partial charge is 0.410 e. The van der Waals surface area contributed by atoms with Crippen molar-refractivity contribution in [1.82, 2.24) is 9.80 Å². The molecule has 356 valence electrons. The van der Waals surface area contributed by atoms with Gasteiger partial charge in [0.25, 0.3) is 0 Å². The maximum absolute atomic E-state index is 15.0. The SMILES string of the molecule is CO[C@]1(C)CC(O[C@H]2[C@H](C)[C@@H](O[C@H]3O[C@@H](C)C[C@@H](N(C)C)C3O)[C@@](C)(OCc3ccccc3)C[C@@H](C)C3=NCCN4C(=O)O[C@](C)([C@@H](C(C)C)OC(=O)[C@@H]2C)[C@H]4[C@H]3C)O[C@@H](C)C1O. The van der Waals surface area contributed by atoms with Crippen molar-refractivity contribution in [2.24, 2.45) is 34.6 Å². The minimum atomic E-state index is -1.22. The van der Waals surface area contributed by atoms with E-state index in [4.69, 9.17) is 42.9 Å². The standard InChI is InChI=1S/C48H77N3O12/c1-26(2)41-48(11)39-29(5)36(49-20-21-51(39)45(55)63-48)27(3)23-47(10,57-25-33-18-16-15-17-19-33)42(62-44-37(52)34(50(12)13)22-28(4)58-44)30(6)38(31(7)43(54)61-41)60-35-24-46(9,56-14)40(53)32(8)59-35/h15-19,26-32,34-35,37-42,44,52-53H,20-25H2,1-14H3/t27-,28+,29+,30+,31-,32+,34-,35?,37?,38+,39-,40?,41-,42-,44-,46-,47+,48+/m1/s1. The Bertz CT molecular complexity index is 1750. The largest absolute Gasteiger partial charge is 0.457 e. The summed E-state index contributed by atoms with van der Waals surface area (Å²) in [7, 11) is 5.42. The minimum Gasteiger partial charge on any atom is -0.457 e. The molecule has 63 heavy (non-hydrogen) atoms. The van der Waals surface area contributed by atoms with Crippen LogP contribution in [0.25, 0.3) is 0 Å². The van der Waals surface area contributed by atoms with Crippen LogP contribution in [0.4, 0.5) is 4.79 Å². The molecule has 0 spiro atoms. The van der Waals surface area contributed by atoms with Gasteiger partial charge in [0.05, 0.1) is 60.7 Å². The lowest BCUT2D eigenvalue weighted by atomic mass is 9.72. The first-order valence-electron chi connectivity index (χ1n) is 23.2. The van der Waals surface area contributed by atoms with E-state index in [0.717, 1.165) is 11.3 Å². The number of esters is 1. The van der Waals surface area contributed by atoms with E-state index in [-0.39, 0.29) is 42.9 Å². The molecule has 15 nitrogen and oxygen atoms in total. The molecular weight excluding hydrogens is 811 g/mol. The average molecular weight is 888 g/mol. The molecule has 4 fully saturated rings. The van der Waals surface area contributed by atoms with Crippen LogP contribution in [0.15, 0.2) is 35.3 Å². The fraction of sp³-hybridized carbons (Fsp3) is 0.812. The number of rotatable bonds is 10. The van der Waals surface area contributed by atoms with Gasteiger partial charge in [0.2, 0.25) is 0 Å². The minimum absolute atomic E-state index is 0.161. The molecule has 0 radical (unpaired) electrons. The fourth-order valence-corrected chi connectivity index (χ4v) is 11.5. The number of amides is 1. The molecule has 3 unspecified atom stereocenters. The quantitative estimate of drug-likeness (QED) is 0.279. The van der Waals surface area contributed by atoms with Crippen LogP contribution in [0, 0.1) is 29.6 Å². The number of aliphatic imine (C=N–C) groups is 1. The van der Waals surface area contributed by atoms with Crippen molar-refractivity contribution in [3.05, 3.63) is 35.9 Å². The van der Waals surface area contributed by atoms with Crippen LogP contribution >= 0.6 is 0 Å². The Morgan fingerprint density at radius 1 is 0.937 bits per heavy atom. The summed E-state index contributed by atoms with van der Waals surface area (Å²) in [6, 6.07) is 9.16. The highest BCUT2D eigenvalue weighted by Crippen LogP contribution is 2.46. The van der Waals surface area contributed by atoms with E-state index in [1.165, 1.54) is 0 Å². The van der Waals surface area contributed by atoms with Crippen LogP contribution < -0.4 is 0 Å². The zero-order valence-electron chi connectivity index (χ0n) is 40.2. The number of ether oxygens (including phenoxy) is 8. The second-order valence-electron chi connectivity index (χ2n) is 20.4. The first kappa shape index (κ1) is 49.7. The molecule has 4 saturated heterocycles. The molecule has 1 amide bonds. The van der Waals surface area contributed by atoms with Gasteiger partial charge in [-0.05, 0) is 85.9 Å². The number of hydrogen-bond donors (Lipinski definition) is 2. The molecular formula is C48H77N3O12. The molecule has 5 heterocycles. The maximum Gasteiger partial charge on any atom is 0.410 e. The maximum atomic E-state index is 15.0. The highest BCUT2D eigenvalue weighted by atomic mass is 16.7. The normalized spacial score (nSPS) is 44.1. The highest BCUT2D eigenvalue weighted by molar-refractivity contribution is 5.91. The van der Waals surface area contributed by atoms with Gasteiger partial charge in [0.1, 0.15) is 18.3 Å². The summed E-state index contributed by atoms with van der Waals surface area (Å²) in [4.78, 5) is 37.8. The van der Waals surface area contributed by atoms with E-state index in [1.807, 2.05) is 97.8 Å². The summed E-state index contributed by atoms with van der Waals surface area (Å²) in [6.45, 7) is 22.3. The van der Waals surface area contributed by atoms with Crippen LogP contribution in [0.5, 0.6) is 0 Å². The second kappa shape index (κ2) is 19.6. The topological polar surface area (TPSA) is 167 Å². The Balaban J connectivity index is 1.54. The second-order valence-corrected chi connectivity index (χ2v) is 20.4. The first-order valence-corrected chi connectivity index (χ1v) is 23.2. The van der Waals surface area contributed by atoms with Crippen LogP contribution in [0.3, 0.4) is 0 Å². The van der Waals surface area contributed by atoms with Crippen molar-refractivity contribution < 1.29 is 57.7 Å². The van der Waals surface area contributed by atoms with Crippen molar-refractivity contribution in [2.45, 2.75) is 186 Å². The Morgan fingerprint density at radius 2 is 1.62 bits per heavy atom. The van der Waals surface area contributed by atoms with Crippen LogP contribution in [0.2, 0.25) is 0 Å². The van der Waals surface area contributed by atoms with Crippen molar-refractivity contribution in [2.75, 3.05) is 34.3 Å². The van der Waals surface area contributed by atoms with Crippen molar-refractivity contribution in [3.8, 4) is 0 Å². The Hall–Kier alpha value is -2.73. The molecule has 2 bridgehead atoms. The molecule has 1 aromatic rings. The van der Waals surface area contributed by atoms with Crippen LogP contribution in [0.1, 0.15) is 101 Å². The van der Waals surface area contributed by atoms with Gasteiger partial charge in [-0.15, -0.1) is 0 Å². The lowest BCUT2D eigenvalue weighted by Crippen LogP contribution is -2.62. The number of carbonyl (C=O) groups excluding carboxylic acids is 2. The monoisotopic (exact) mass is 888 g/mol. The predicted octanol–water partition coefficient (Wildman–Crippen LogP) is 5.61. The summed E-state index contributed by atoms with van der Waals surface area (Å²) < 4.78 is 53.2. The number of carbonyl (C=O) groups is 2. The van der Waals surface area contributed by atoms with Crippen molar-refractivity contribution in [3.63, 3.8) is 0 Å². The average Bonchev–Trinajstić information content (AvgIpc) is 3.35. The number of cyclic esters (lactones) is 1. The fourth-order valence-electron chi connectivity index (χ4n) is 11.5. The number of likely N-dealkylation sites (N-methyl/N-ethyl adjacent to an activating group) is 1. The molecule has 1 aromatic carbocycles. The molecule has 0 aromatic heterocycles. The number of aliphatic hydroxyl groups is 2. The summed E-state index contributed by atoms with van der Waals surface area (Å²) in [5.41, 5.74) is -1.54. The Labute approximate surface area is 375 Å². The summed E-state index contributed by atoms with van der Waals surface area (Å²) in [5, 5.41) is 23.2. The number of methoxy groups -OCH3 is 1. The van der Waals surface area contributed by atoms with Gasteiger partial charge in [-0.25, -0.2) is 4.79 Å². The molecule has 15 heteroatoms. The number of nitrogens with zero attached hydrogens (tertiary/aromatic N) is 3. The molecule has 5 aliphatic heterocycles.